The summed E-state index contributed by atoms with van der Waals surface area (Å²) in [5, 5.41) is 155. The SMILES string of the molecule is CC(C)=CCC[C@](C)(O[C@@H]1O[C@H](CO[C@@H]2O[C@H](CO)[C@H](O)[C@H]2O)[C@@H](O)[C@H](O)[C@H]1O)[C@H]1CC[C@]2(C)[C@@H]1[C@H](O)C[C@@H]1[C@@]3(C)CC[C@H](O)C(C)(C)[C@@H]3[C@@H](O[C@@H]3O[C@H](CO)[C@@H](O)[C@H](O)[C@H]3O[C@@H]3O[C@@H](C)[C@H](O)[C@@H](O)[C@H]3O)C[C@]12C. The van der Waals surface area contributed by atoms with E-state index in [1.54, 1.807) is 0 Å². The Labute approximate surface area is 439 Å². The highest BCUT2D eigenvalue weighted by Gasteiger charge is 2.74. The van der Waals surface area contributed by atoms with Crippen molar-refractivity contribution in [2.75, 3.05) is 19.8 Å². The van der Waals surface area contributed by atoms with E-state index < -0.39 is 194 Å². The lowest BCUT2D eigenvalue weighted by Gasteiger charge is -2.72. The molecule has 0 aromatic rings. The second kappa shape index (κ2) is 22.3. The van der Waals surface area contributed by atoms with Crippen LogP contribution in [0.4, 0.5) is 0 Å². The van der Waals surface area contributed by atoms with Gasteiger partial charge in [0.1, 0.15) is 85.5 Å². The fourth-order valence-corrected chi connectivity index (χ4v) is 16.1. The fourth-order valence-electron chi connectivity index (χ4n) is 16.1. The minimum Gasteiger partial charge on any atom is -0.394 e. The maximum absolute atomic E-state index is 12.9. The molecule has 4 aliphatic heterocycles. The Morgan fingerprint density at radius 2 is 1.20 bits per heavy atom. The highest BCUT2D eigenvalue weighted by Crippen LogP contribution is 2.76. The number of aliphatic hydroxyl groups is 14. The van der Waals surface area contributed by atoms with Gasteiger partial charge in [-0.25, -0.2) is 0 Å². The van der Waals surface area contributed by atoms with Gasteiger partial charge in [0, 0.05) is 0 Å². The number of hydrogen-bond donors (Lipinski definition) is 14. The van der Waals surface area contributed by atoms with Crippen LogP contribution in [-0.2, 0) is 37.9 Å². The van der Waals surface area contributed by atoms with Gasteiger partial charge in [-0.3, -0.25) is 0 Å². The van der Waals surface area contributed by atoms with E-state index in [1.807, 2.05) is 34.6 Å². The van der Waals surface area contributed by atoms with Crippen molar-refractivity contribution in [2.24, 2.45) is 45.3 Å². The zero-order valence-corrected chi connectivity index (χ0v) is 44.9. The first-order valence-corrected chi connectivity index (χ1v) is 27.2. The number of ether oxygens (including phenoxy) is 8. The minimum atomic E-state index is -1.77. The molecule has 4 saturated carbocycles. The molecule has 0 aromatic carbocycles. The van der Waals surface area contributed by atoms with Crippen molar-refractivity contribution in [2.45, 2.75) is 254 Å². The lowest BCUT2D eigenvalue weighted by molar-refractivity contribution is -0.382. The summed E-state index contributed by atoms with van der Waals surface area (Å²) >= 11 is 0. The molecule has 8 rings (SSSR count). The maximum Gasteiger partial charge on any atom is 0.187 e. The summed E-state index contributed by atoms with van der Waals surface area (Å²) in [5.41, 5.74) is -2.78. The second-order valence-electron chi connectivity index (χ2n) is 25.4. The summed E-state index contributed by atoms with van der Waals surface area (Å²) in [4.78, 5) is 0. The van der Waals surface area contributed by atoms with Crippen LogP contribution in [0.1, 0.15) is 114 Å². The molecule has 4 saturated heterocycles. The summed E-state index contributed by atoms with van der Waals surface area (Å²) in [6.45, 7) is 16.2. The molecule has 0 bridgehead atoms. The van der Waals surface area contributed by atoms with Gasteiger partial charge in [-0.15, -0.1) is 0 Å². The second-order valence-corrected chi connectivity index (χ2v) is 25.4. The first-order chi connectivity index (χ1) is 35.0. The van der Waals surface area contributed by atoms with Crippen LogP contribution in [-0.4, -0.2) is 232 Å². The van der Waals surface area contributed by atoms with E-state index in [4.69, 9.17) is 37.9 Å². The van der Waals surface area contributed by atoms with Crippen molar-refractivity contribution in [1.29, 1.82) is 0 Å². The third-order valence-electron chi connectivity index (χ3n) is 20.4. The molecule has 0 amide bonds. The van der Waals surface area contributed by atoms with Crippen molar-refractivity contribution >= 4 is 0 Å². The quantitative estimate of drug-likeness (QED) is 0.0651. The Morgan fingerprint density at radius 1 is 0.627 bits per heavy atom. The average Bonchev–Trinajstić information content (AvgIpc) is 3.87. The smallest absolute Gasteiger partial charge is 0.187 e. The van der Waals surface area contributed by atoms with E-state index in [0.29, 0.717) is 51.4 Å². The zero-order valence-electron chi connectivity index (χ0n) is 44.9. The number of hydrogen-bond acceptors (Lipinski definition) is 22. The fraction of sp³-hybridized carbons (Fsp3) is 0.962. The van der Waals surface area contributed by atoms with Gasteiger partial charge in [0.05, 0.1) is 49.8 Å². The topological polar surface area (TPSA) is 357 Å². The molecule has 0 spiro atoms. The Hall–Kier alpha value is -1.14. The van der Waals surface area contributed by atoms with Gasteiger partial charge in [-0.2, -0.15) is 0 Å². The molecule has 0 aromatic heterocycles. The molecule has 30 atom stereocenters. The van der Waals surface area contributed by atoms with Gasteiger partial charge in [0.2, 0.25) is 0 Å². The largest absolute Gasteiger partial charge is 0.394 e. The molecular formula is C53H90O22. The van der Waals surface area contributed by atoms with E-state index in [1.165, 1.54) is 6.92 Å². The first kappa shape index (κ1) is 60.0. The monoisotopic (exact) mass is 1080 g/mol. The average molecular weight is 1080 g/mol. The van der Waals surface area contributed by atoms with Gasteiger partial charge in [0.15, 0.2) is 25.2 Å². The minimum absolute atomic E-state index is 0.136. The first-order valence-electron chi connectivity index (χ1n) is 27.2. The number of fused-ring (bicyclic) bond motifs is 5. The van der Waals surface area contributed by atoms with Crippen molar-refractivity contribution in [3.05, 3.63) is 11.6 Å². The van der Waals surface area contributed by atoms with Gasteiger partial charge in [0.25, 0.3) is 0 Å². The normalized spacial score (nSPS) is 53.6. The molecule has 0 radical (unpaired) electrons. The van der Waals surface area contributed by atoms with E-state index in [2.05, 4.69) is 26.8 Å². The van der Waals surface area contributed by atoms with Gasteiger partial charge >= 0.3 is 0 Å². The molecule has 434 valence electrons. The van der Waals surface area contributed by atoms with Gasteiger partial charge in [-0.05, 0) is 124 Å². The van der Waals surface area contributed by atoms with Crippen LogP contribution in [0, 0.1) is 45.3 Å². The van der Waals surface area contributed by atoms with E-state index in [0.717, 1.165) is 5.57 Å². The number of allylic oxidation sites excluding steroid dienone is 2. The zero-order chi connectivity index (χ0) is 55.2. The number of rotatable bonds is 15. The van der Waals surface area contributed by atoms with Crippen molar-refractivity contribution < 1.29 is 109 Å². The molecule has 14 N–H and O–H groups in total. The van der Waals surface area contributed by atoms with Crippen molar-refractivity contribution in [3.63, 3.8) is 0 Å². The molecule has 4 heterocycles. The Kier molecular flexibility index (Phi) is 17.8. The third kappa shape index (κ3) is 10.4. The van der Waals surface area contributed by atoms with Crippen LogP contribution in [0.2, 0.25) is 0 Å². The van der Waals surface area contributed by atoms with Crippen molar-refractivity contribution in [3.8, 4) is 0 Å². The predicted octanol–water partition coefficient (Wildman–Crippen LogP) is -1.57. The molecular weight excluding hydrogens is 989 g/mol. The Bertz CT molecular complexity index is 1960. The Morgan fingerprint density at radius 3 is 1.84 bits per heavy atom. The van der Waals surface area contributed by atoms with E-state index >= 15 is 0 Å². The van der Waals surface area contributed by atoms with Crippen molar-refractivity contribution in [1.82, 2.24) is 0 Å². The number of aliphatic hydroxyl groups excluding tert-OH is 14. The van der Waals surface area contributed by atoms with Crippen LogP contribution in [0.3, 0.4) is 0 Å². The molecule has 22 nitrogen and oxygen atoms in total. The van der Waals surface area contributed by atoms with Crippen LogP contribution in [0.15, 0.2) is 11.6 Å². The molecule has 8 aliphatic rings. The summed E-state index contributed by atoms with van der Waals surface area (Å²) in [6.07, 6.45) is -25.3. The maximum atomic E-state index is 12.9. The summed E-state index contributed by atoms with van der Waals surface area (Å²) in [5.74, 6) is -1.36. The lowest BCUT2D eigenvalue weighted by Crippen LogP contribution is -2.71. The van der Waals surface area contributed by atoms with Crippen LogP contribution >= 0.6 is 0 Å². The summed E-state index contributed by atoms with van der Waals surface area (Å²) in [6, 6.07) is 0. The predicted molar refractivity (Wildman–Crippen MR) is 260 cm³/mol. The highest BCUT2D eigenvalue weighted by molar-refractivity contribution is 5.22. The molecule has 75 heavy (non-hydrogen) atoms. The van der Waals surface area contributed by atoms with Crippen LogP contribution < -0.4 is 0 Å². The van der Waals surface area contributed by atoms with Gasteiger partial charge in [-0.1, -0.05) is 46.3 Å². The van der Waals surface area contributed by atoms with E-state index in [9.17, 15) is 71.5 Å². The summed E-state index contributed by atoms with van der Waals surface area (Å²) < 4.78 is 49.8. The van der Waals surface area contributed by atoms with Crippen LogP contribution in [0.25, 0.3) is 0 Å². The molecule has 4 aliphatic carbocycles. The molecule has 8 fully saturated rings. The van der Waals surface area contributed by atoms with E-state index in [-0.39, 0.29) is 11.8 Å². The van der Waals surface area contributed by atoms with Crippen LogP contribution in [0.5, 0.6) is 0 Å². The Balaban J connectivity index is 1.12. The lowest BCUT2D eigenvalue weighted by atomic mass is 9.34. The molecule has 0 unspecified atom stereocenters. The summed E-state index contributed by atoms with van der Waals surface area (Å²) in [7, 11) is 0. The standard InChI is InChI=1S/C53H90O22/c1-22(2)11-10-14-53(9,75-47-42(67)38(63)36(61)29(73-47)21-68-45-40(65)35(60)28(20-55)71-45)24-12-16-51(7)32(24)25(56)17-30-50(6)15-13-31(57)49(4,5)44(50)26(18-52(30,51)8)70-48-43(39(64)34(59)27(19-54)72-48)74-46-41(66)37(62)33(58)23(3)69-46/h11,23-48,54-67H,10,12-21H2,1-9H3/t23-,24-,25+,26-,27+,28+,29+,30+,31-,32-,33-,34+,35-,36+,37+,38-,39-,40+,41+,42+,43+,44-,45+,46-,47-,48+,50+,51+,52+,53-/m0/s1. The molecule has 22 heteroatoms. The highest BCUT2D eigenvalue weighted by atomic mass is 16.8. The third-order valence-corrected chi connectivity index (χ3v) is 20.4. The van der Waals surface area contributed by atoms with Gasteiger partial charge < -0.3 is 109 Å².